The van der Waals surface area contributed by atoms with Crippen LogP contribution in [0, 0.1) is 5.92 Å². The van der Waals surface area contributed by atoms with Gasteiger partial charge in [-0.2, -0.15) is 0 Å². The number of halogens is 1. The summed E-state index contributed by atoms with van der Waals surface area (Å²) in [6.45, 7) is 0.976. The number of carbonyl (C=O) groups excluding carboxylic acids is 2. The Labute approximate surface area is 141 Å². The van der Waals surface area contributed by atoms with E-state index in [1.165, 1.54) is 0 Å². The number of ether oxygens (including phenoxy) is 1. The largest absolute Gasteiger partial charge is 0.484 e. The van der Waals surface area contributed by atoms with Gasteiger partial charge in [-0.25, -0.2) is 4.39 Å². The number of nitrogens with zero attached hydrogens (tertiary/aromatic N) is 1. The molecule has 2 fully saturated rings. The van der Waals surface area contributed by atoms with Crippen LogP contribution in [0.25, 0.3) is 0 Å². The minimum atomic E-state index is -1.86. The van der Waals surface area contributed by atoms with Crippen molar-refractivity contribution >= 4 is 11.8 Å². The zero-order valence-electron chi connectivity index (χ0n) is 13.7. The van der Waals surface area contributed by atoms with E-state index in [-0.39, 0.29) is 38.4 Å². The molecule has 24 heavy (non-hydrogen) atoms. The summed E-state index contributed by atoms with van der Waals surface area (Å²) in [5, 5.41) is 2.70. The van der Waals surface area contributed by atoms with Crippen molar-refractivity contribution in [1.29, 1.82) is 0 Å². The molecular weight excluding hydrogens is 311 g/mol. The number of para-hydroxylation sites is 1. The van der Waals surface area contributed by atoms with Gasteiger partial charge in [0.15, 0.2) is 12.3 Å². The van der Waals surface area contributed by atoms with Crippen LogP contribution in [0.5, 0.6) is 5.75 Å². The average molecular weight is 334 g/mol. The van der Waals surface area contributed by atoms with Gasteiger partial charge in [0.05, 0.1) is 0 Å². The maximum atomic E-state index is 14.7. The zero-order valence-corrected chi connectivity index (χ0v) is 13.7. The molecule has 0 bridgehead atoms. The van der Waals surface area contributed by atoms with E-state index in [9.17, 15) is 14.0 Å². The summed E-state index contributed by atoms with van der Waals surface area (Å²) in [7, 11) is 0. The van der Waals surface area contributed by atoms with Crippen LogP contribution in [0.3, 0.4) is 0 Å². The van der Waals surface area contributed by atoms with Gasteiger partial charge in [-0.15, -0.1) is 0 Å². The number of rotatable bonds is 6. The number of likely N-dealkylation sites (tertiary alicyclic amines) is 1. The molecule has 1 aliphatic heterocycles. The van der Waals surface area contributed by atoms with Crippen molar-refractivity contribution in [3.8, 4) is 5.75 Å². The van der Waals surface area contributed by atoms with E-state index in [1.54, 1.807) is 17.0 Å². The van der Waals surface area contributed by atoms with E-state index in [2.05, 4.69) is 5.32 Å². The lowest BCUT2D eigenvalue weighted by molar-refractivity contribution is -0.143. The van der Waals surface area contributed by atoms with Crippen molar-refractivity contribution in [1.82, 2.24) is 10.2 Å². The standard InChI is InChI=1S/C18H23FN2O3/c19-18(17(23)20-12-14-6-7-14)8-10-21(11-9-18)16(22)13-24-15-4-2-1-3-5-15/h1-5,14H,6-13H2,(H,20,23). The molecule has 0 radical (unpaired) electrons. The smallest absolute Gasteiger partial charge is 0.260 e. The number of hydrogen-bond donors (Lipinski definition) is 1. The molecule has 1 heterocycles. The molecule has 1 saturated carbocycles. The Morgan fingerprint density at radius 3 is 2.50 bits per heavy atom. The monoisotopic (exact) mass is 334 g/mol. The summed E-state index contributed by atoms with van der Waals surface area (Å²) in [6.07, 6.45) is 2.31. The molecule has 3 rings (SSSR count). The van der Waals surface area contributed by atoms with Gasteiger partial charge in [-0.3, -0.25) is 9.59 Å². The lowest BCUT2D eigenvalue weighted by atomic mass is 9.92. The fourth-order valence-corrected chi connectivity index (χ4v) is 2.81. The molecule has 5 nitrogen and oxygen atoms in total. The quantitative estimate of drug-likeness (QED) is 0.865. The second-order valence-corrected chi connectivity index (χ2v) is 6.60. The number of piperidine rings is 1. The highest BCUT2D eigenvalue weighted by Gasteiger charge is 2.42. The number of alkyl halides is 1. The van der Waals surface area contributed by atoms with Crippen molar-refractivity contribution in [2.75, 3.05) is 26.2 Å². The highest BCUT2D eigenvalue weighted by molar-refractivity contribution is 5.86. The highest BCUT2D eigenvalue weighted by atomic mass is 19.1. The van der Waals surface area contributed by atoms with Crippen LogP contribution >= 0.6 is 0 Å². The molecule has 1 aliphatic carbocycles. The predicted octanol–water partition coefficient (Wildman–Crippen LogP) is 1.92. The highest BCUT2D eigenvalue weighted by Crippen LogP contribution is 2.30. The third-order valence-corrected chi connectivity index (χ3v) is 4.67. The van der Waals surface area contributed by atoms with Gasteiger partial charge in [0, 0.05) is 32.5 Å². The Hall–Kier alpha value is -2.11. The summed E-state index contributed by atoms with van der Waals surface area (Å²) in [5.74, 6) is 0.442. The first-order valence-electron chi connectivity index (χ1n) is 8.50. The van der Waals surface area contributed by atoms with Gasteiger partial charge in [-0.05, 0) is 30.9 Å². The maximum absolute atomic E-state index is 14.7. The SMILES string of the molecule is O=C(COc1ccccc1)N1CCC(F)(C(=O)NCC2CC2)CC1. The third kappa shape index (κ3) is 4.24. The average Bonchev–Trinajstić information content (AvgIpc) is 3.43. The molecule has 0 aromatic heterocycles. The summed E-state index contributed by atoms with van der Waals surface area (Å²) in [5.41, 5.74) is -1.86. The molecule has 2 aliphatic rings. The number of hydrogen-bond acceptors (Lipinski definition) is 3. The number of carbonyl (C=O) groups is 2. The molecule has 1 N–H and O–H groups in total. The normalized spacial score (nSPS) is 19.6. The summed E-state index contributed by atoms with van der Waals surface area (Å²) < 4.78 is 20.2. The Bertz CT molecular complexity index is 581. The first kappa shape index (κ1) is 16.7. The van der Waals surface area contributed by atoms with E-state index in [1.807, 2.05) is 18.2 Å². The van der Waals surface area contributed by atoms with Crippen LogP contribution in [0.1, 0.15) is 25.7 Å². The molecule has 1 saturated heterocycles. The van der Waals surface area contributed by atoms with E-state index in [4.69, 9.17) is 4.74 Å². The molecule has 1 aromatic carbocycles. The van der Waals surface area contributed by atoms with E-state index in [0.29, 0.717) is 18.2 Å². The van der Waals surface area contributed by atoms with E-state index >= 15 is 0 Å². The van der Waals surface area contributed by atoms with Gasteiger partial charge in [-0.1, -0.05) is 18.2 Å². The third-order valence-electron chi connectivity index (χ3n) is 4.67. The number of amides is 2. The molecule has 0 spiro atoms. The van der Waals surface area contributed by atoms with Crippen LogP contribution in [0.15, 0.2) is 30.3 Å². The van der Waals surface area contributed by atoms with E-state index < -0.39 is 11.6 Å². The van der Waals surface area contributed by atoms with Crippen molar-refractivity contribution in [2.24, 2.45) is 5.92 Å². The van der Waals surface area contributed by atoms with Gasteiger partial charge in [0.2, 0.25) is 0 Å². The van der Waals surface area contributed by atoms with Gasteiger partial charge >= 0.3 is 0 Å². The van der Waals surface area contributed by atoms with Crippen LogP contribution in [0.4, 0.5) is 4.39 Å². The molecule has 0 unspecified atom stereocenters. The van der Waals surface area contributed by atoms with Crippen LogP contribution < -0.4 is 10.1 Å². The second-order valence-electron chi connectivity index (χ2n) is 6.60. The molecular formula is C18H23FN2O3. The van der Waals surface area contributed by atoms with Crippen molar-refractivity contribution in [3.63, 3.8) is 0 Å². The van der Waals surface area contributed by atoms with E-state index in [0.717, 1.165) is 12.8 Å². The minimum absolute atomic E-state index is 0.0422. The first-order valence-corrected chi connectivity index (χ1v) is 8.50. The fourth-order valence-electron chi connectivity index (χ4n) is 2.81. The number of nitrogens with one attached hydrogen (secondary N) is 1. The zero-order chi connectivity index (χ0) is 17.0. The lowest BCUT2D eigenvalue weighted by Gasteiger charge is -2.35. The molecule has 0 atom stereocenters. The van der Waals surface area contributed by atoms with Gasteiger partial charge < -0.3 is 15.0 Å². The van der Waals surface area contributed by atoms with Crippen LogP contribution in [-0.4, -0.2) is 48.6 Å². The van der Waals surface area contributed by atoms with Crippen molar-refractivity contribution in [3.05, 3.63) is 30.3 Å². The lowest BCUT2D eigenvalue weighted by Crippen LogP contribution is -2.53. The predicted molar refractivity (Wildman–Crippen MR) is 87.3 cm³/mol. The van der Waals surface area contributed by atoms with Crippen LogP contribution in [0.2, 0.25) is 0 Å². The molecule has 1 aromatic rings. The minimum Gasteiger partial charge on any atom is -0.484 e. The molecule has 2 amide bonds. The van der Waals surface area contributed by atoms with Gasteiger partial charge in [0.25, 0.3) is 11.8 Å². The first-order chi connectivity index (χ1) is 11.6. The number of benzene rings is 1. The van der Waals surface area contributed by atoms with Crippen LogP contribution in [-0.2, 0) is 9.59 Å². The molecule has 130 valence electrons. The Kier molecular flexibility index (Phi) is 5.02. The fraction of sp³-hybridized carbons (Fsp3) is 0.556. The van der Waals surface area contributed by atoms with Gasteiger partial charge in [0.1, 0.15) is 5.75 Å². The van der Waals surface area contributed by atoms with Crippen molar-refractivity contribution in [2.45, 2.75) is 31.4 Å². The Balaban J connectivity index is 1.43. The second kappa shape index (κ2) is 7.20. The Morgan fingerprint density at radius 2 is 1.88 bits per heavy atom. The summed E-state index contributed by atoms with van der Waals surface area (Å²) in [6, 6.07) is 9.09. The Morgan fingerprint density at radius 1 is 1.21 bits per heavy atom. The van der Waals surface area contributed by atoms with Crippen molar-refractivity contribution < 1.29 is 18.7 Å². The molecule has 6 heteroatoms. The maximum Gasteiger partial charge on any atom is 0.260 e. The summed E-state index contributed by atoms with van der Waals surface area (Å²) in [4.78, 5) is 25.7. The summed E-state index contributed by atoms with van der Waals surface area (Å²) >= 11 is 0. The topological polar surface area (TPSA) is 58.6 Å².